The van der Waals surface area contributed by atoms with Gasteiger partial charge in [-0.3, -0.25) is 4.79 Å². The summed E-state index contributed by atoms with van der Waals surface area (Å²) >= 11 is 3.47. The molecule has 0 unspecified atom stereocenters. The molecule has 3 heteroatoms. The van der Waals surface area contributed by atoms with Crippen molar-refractivity contribution < 1.29 is 4.79 Å². The van der Waals surface area contributed by atoms with Gasteiger partial charge < -0.3 is 5.32 Å². The molecule has 0 aliphatic heterocycles. The highest BCUT2D eigenvalue weighted by atomic mass is 79.9. The fourth-order valence-electron chi connectivity index (χ4n) is 2.32. The molecule has 0 atom stereocenters. The third-order valence-electron chi connectivity index (χ3n) is 3.69. The Balaban J connectivity index is 1.72. The van der Waals surface area contributed by atoms with E-state index in [1.165, 1.54) is 10.8 Å². The lowest BCUT2D eigenvalue weighted by atomic mass is 10.0. The lowest BCUT2D eigenvalue weighted by Crippen LogP contribution is -2.38. The fraction of sp³-hybridized carbons (Fsp3) is 0.312. The Bertz CT molecular complexity index is 619. The zero-order valence-corrected chi connectivity index (χ0v) is 12.2. The Morgan fingerprint density at radius 3 is 2.58 bits per heavy atom. The van der Waals surface area contributed by atoms with Crippen LogP contribution in [0.5, 0.6) is 0 Å². The maximum atomic E-state index is 12.0. The van der Waals surface area contributed by atoms with Crippen LogP contribution in [-0.2, 0) is 11.2 Å². The molecule has 0 saturated heterocycles. The molecule has 3 rings (SSSR count). The molecule has 2 aromatic carbocycles. The maximum absolute atomic E-state index is 12.0. The highest BCUT2D eigenvalue weighted by Crippen LogP contribution is 2.36. The van der Waals surface area contributed by atoms with Crippen molar-refractivity contribution >= 4 is 32.6 Å². The number of hydrogen-bond donors (Lipinski definition) is 1. The first-order valence-electron chi connectivity index (χ1n) is 6.55. The Hall–Kier alpha value is -1.35. The third kappa shape index (κ3) is 2.81. The van der Waals surface area contributed by atoms with E-state index >= 15 is 0 Å². The van der Waals surface area contributed by atoms with E-state index in [2.05, 4.69) is 45.5 Å². The van der Waals surface area contributed by atoms with Crippen LogP contribution in [0.4, 0.5) is 0 Å². The van der Waals surface area contributed by atoms with Gasteiger partial charge in [0.1, 0.15) is 0 Å². The van der Waals surface area contributed by atoms with Crippen LogP contribution in [-0.4, -0.2) is 16.8 Å². The second-order valence-electron chi connectivity index (χ2n) is 5.32. The van der Waals surface area contributed by atoms with Crippen molar-refractivity contribution in [3.8, 4) is 0 Å². The highest BCUT2D eigenvalue weighted by molar-refractivity contribution is 9.09. The third-order valence-corrected chi connectivity index (χ3v) is 4.77. The first kappa shape index (κ1) is 12.7. The molecule has 0 aromatic heterocycles. The highest BCUT2D eigenvalue weighted by Gasteiger charge is 2.42. The monoisotopic (exact) mass is 317 g/mol. The van der Waals surface area contributed by atoms with Gasteiger partial charge in [-0.25, -0.2) is 0 Å². The molecule has 1 N–H and O–H groups in total. The second kappa shape index (κ2) is 4.97. The molecule has 1 fully saturated rings. The number of alkyl halides is 1. The van der Waals surface area contributed by atoms with Crippen LogP contribution >= 0.6 is 15.9 Å². The van der Waals surface area contributed by atoms with E-state index in [9.17, 15) is 4.79 Å². The van der Waals surface area contributed by atoms with Crippen molar-refractivity contribution in [1.82, 2.24) is 5.32 Å². The summed E-state index contributed by atoms with van der Waals surface area (Å²) < 4.78 is 0. The van der Waals surface area contributed by atoms with E-state index in [-0.39, 0.29) is 11.4 Å². The van der Waals surface area contributed by atoms with Crippen molar-refractivity contribution in [1.29, 1.82) is 0 Å². The van der Waals surface area contributed by atoms with Crippen LogP contribution in [0.15, 0.2) is 42.5 Å². The van der Waals surface area contributed by atoms with E-state index in [4.69, 9.17) is 0 Å². The minimum Gasteiger partial charge on any atom is -0.350 e. The molecular weight excluding hydrogens is 302 g/mol. The molecule has 19 heavy (non-hydrogen) atoms. The lowest BCUT2D eigenvalue weighted by Gasteiger charge is -2.14. The molecule has 1 aliphatic rings. The van der Waals surface area contributed by atoms with Crippen LogP contribution in [0, 0.1) is 0 Å². The average Bonchev–Trinajstić information content (AvgIpc) is 3.19. The summed E-state index contributed by atoms with van der Waals surface area (Å²) in [5.74, 6) is 0.118. The molecule has 1 amide bonds. The second-order valence-corrected chi connectivity index (χ2v) is 5.88. The Morgan fingerprint density at radius 1 is 1.16 bits per heavy atom. The molecule has 1 aliphatic carbocycles. The molecule has 2 nitrogen and oxygen atoms in total. The summed E-state index contributed by atoms with van der Waals surface area (Å²) in [7, 11) is 0. The van der Waals surface area contributed by atoms with E-state index in [1.54, 1.807) is 0 Å². The molecule has 0 heterocycles. The van der Waals surface area contributed by atoms with E-state index in [0.717, 1.165) is 23.7 Å². The molecular formula is C16H16BrNO. The van der Waals surface area contributed by atoms with Crippen LogP contribution in [0.1, 0.15) is 18.4 Å². The van der Waals surface area contributed by atoms with Gasteiger partial charge in [0.15, 0.2) is 0 Å². The van der Waals surface area contributed by atoms with Crippen LogP contribution in [0.2, 0.25) is 0 Å². The van der Waals surface area contributed by atoms with Crippen molar-refractivity contribution in [3.63, 3.8) is 0 Å². The van der Waals surface area contributed by atoms with Gasteiger partial charge in [-0.05, 0) is 29.2 Å². The summed E-state index contributed by atoms with van der Waals surface area (Å²) in [4.78, 5) is 12.0. The normalized spacial score (nSPS) is 16.3. The predicted molar refractivity (Wildman–Crippen MR) is 81.6 cm³/mol. The minimum absolute atomic E-state index is 0.0356. The molecule has 2 aromatic rings. The largest absolute Gasteiger partial charge is 0.350 e. The number of carbonyl (C=O) groups excluding carboxylic acids is 1. The molecule has 0 spiro atoms. The number of benzene rings is 2. The van der Waals surface area contributed by atoms with Gasteiger partial charge in [0.05, 0.1) is 6.42 Å². The van der Waals surface area contributed by atoms with Crippen LogP contribution in [0.3, 0.4) is 0 Å². The predicted octanol–water partition coefficient (Wildman–Crippen LogP) is 3.43. The Labute approximate surface area is 121 Å². The molecule has 1 saturated carbocycles. The van der Waals surface area contributed by atoms with Crippen molar-refractivity contribution in [2.24, 2.45) is 0 Å². The standard InChI is InChI=1S/C16H16BrNO/c17-11-16(7-8-16)18-15(19)10-12-5-6-13-3-1-2-4-14(13)9-12/h1-6,9H,7-8,10-11H2,(H,18,19). The minimum atomic E-state index is 0.0356. The summed E-state index contributed by atoms with van der Waals surface area (Å²) in [6.07, 6.45) is 2.63. The lowest BCUT2D eigenvalue weighted by molar-refractivity contribution is -0.121. The van der Waals surface area contributed by atoms with E-state index < -0.39 is 0 Å². The quantitative estimate of drug-likeness (QED) is 0.860. The Kier molecular flexibility index (Phi) is 3.31. The first-order valence-corrected chi connectivity index (χ1v) is 7.68. The van der Waals surface area contributed by atoms with Crippen molar-refractivity contribution in [2.75, 3.05) is 5.33 Å². The average molecular weight is 318 g/mol. The molecule has 0 bridgehead atoms. The number of nitrogens with one attached hydrogen (secondary N) is 1. The summed E-state index contributed by atoms with van der Waals surface area (Å²) in [5.41, 5.74) is 1.11. The van der Waals surface area contributed by atoms with Gasteiger partial charge in [-0.15, -0.1) is 0 Å². The fourth-order valence-corrected chi connectivity index (χ4v) is 3.02. The maximum Gasteiger partial charge on any atom is 0.224 e. The first-order chi connectivity index (χ1) is 9.21. The molecule has 98 valence electrons. The van der Waals surface area contributed by atoms with Gasteiger partial charge >= 0.3 is 0 Å². The van der Waals surface area contributed by atoms with Gasteiger partial charge in [0.25, 0.3) is 0 Å². The van der Waals surface area contributed by atoms with Crippen LogP contribution < -0.4 is 5.32 Å². The van der Waals surface area contributed by atoms with Crippen LogP contribution in [0.25, 0.3) is 10.8 Å². The summed E-state index contributed by atoms with van der Waals surface area (Å²) in [6, 6.07) is 14.4. The topological polar surface area (TPSA) is 29.1 Å². The zero-order chi connectivity index (χ0) is 13.3. The zero-order valence-electron chi connectivity index (χ0n) is 10.7. The summed E-state index contributed by atoms with van der Waals surface area (Å²) in [6.45, 7) is 0. The van der Waals surface area contributed by atoms with E-state index in [1.807, 2.05) is 18.2 Å². The van der Waals surface area contributed by atoms with Gasteiger partial charge in [-0.1, -0.05) is 58.4 Å². The smallest absolute Gasteiger partial charge is 0.224 e. The number of fused-ring (bicyclic) bond motifs is 1. The number of carbonyl (C=O) groups is 1. The van der Waals surface area contributed by atoms with E-state index in [0.29, 0.717) is 6.42 Å². The summed E-state index contributed by atoms with van der Waals surface area (Å²) in [5, 5.41) is 6.38. The van der Waals surface area contributed by atoms with Gasteiger partial charge in [0, 0.05) is 10.9 Å². The number of hydrogen-bond acceptors (Lipinski definition) is 1. The SMILES string of the molecule is O=C(Cc1ccc2ccccc2c1)NC1(CBr)CC1. The number of halogens is 1. The number of amides is 1. The van der Waals surface area contributed by atoms with Crippen molar-refractivity contribution in [2.45, 2.75) is 24.8 Å². The van der Waals surface area contributed by atoms with Gasteiger partial charge in [-0.2, -0.15) is 0 Å². The molecule has 0 radical (unpaired) electrons. The number of rotatable bonds is 4. The Morgan fingerprint density at radius 2 is 1.89 bits per heavy atom. The van der Waals surface area contributed by atoms with Crippen molar-refractivity contribution in [3.05, 3.63) is 48.0 Å². The van der Waals surface area contributed by atoms with Gasteiger partial charge in [0.2, 0.25) is 5.91 Å².